The molecule has 2 rings (SSSR count). The average Bonchev–Trinajstić information content (AvgIpc) is 3.26. The SMILES string of the molecule is CCOCCCN=C(NCCc1ccco1)N(C)Cc1ccsc1. The van der Waals surface area contributed by atoms with Crippen molar-refractivity contribution >= 4 is 17.3 Å². The fourth-order valence-electron chi connectivity index (χ4n) is 2.29. The Morgan fingerprint density at radius 2 is 2.33 bits per heavy atom. The Bertz CT molecular complexity index is 567. The Kier molecular flexibility index (Phi) is 8.41. The molecule has 0 atom stereocenters. The largest absolute Gasteiger partial charge is 0.469 e. The van der Waals surface area contributed by atoms with E-state index in [0.717, 1.165) is 57.4 Å². The van der Waals surface area contributed by atoms with Crippen LogP contribution in [0.25, 0.3) is 0 Å². The van der Waals surface area contributed by atoms with E-state index in [1.54, 1.807) is 17.6 Å². The highest BCUT2D eigenvalue weighted by Gasteiger charge is 2.08. The molecule has 0 saturated carbocycles. The minimum Gasteiger partial charge on any atom is -0.469 e. The zero-order chi connectivity index (χ0) is 17.0. The number of aliphatic imine (C=N–C) groups is 1. The van der Waals surface area contributed by atoms with E-state index in [4.69, 9.17) is 14.1 Å². The second-order valence-electron chi connectivity index (χ2n) is 5.50. The lowest BCUT2D eigenvalue weighted by atomic mass is 10.3. The first-order valence-electron chi connectivity index (χ1n) is 8.40. The van der Waals surface area contributed by atoms with Gasteiger partial charge in [-0.3, -0.25) is 4.99 Å². The molecule has 0 radical (unpaired) electrons. The zero-order valence-electron chi connectivity index (χ0n) is 14.5. The van der Waals surface area contributed by atoms with Gasteiger partial charge in [0, 0.05) is 46.3 Å². The van der Waals surface area contributed by atoms with E-state index >= 15 is 0 Å². The van der Waals surface area contributed by atoms with Crippen LogP contribution in [-0.2, 0) is 17.7 Å². The van der Waals surface area contributed by atoms with Gasteiger partial charge in [0.2, 0.25) is 0 Å². The number of guanidine groups is 1. The summed E-state index contributed by atoms with van der Waals surface area (Å²) >= 11 is 1.72. The van der Waals surface area contributed by atoms with Gasteiger partial charge >= 0.3 is 0 Å². The smallest absolute Gasteiger partial charge is 0.193 e. The fraction of sp³-hybridized carbons (Fsp3) is 0.500. The number of nitrogens with zero attached hydrogens (tertiary/aromatic N) is 2. The van der Waals surface area contributed by atoms with Crippen LogP contribution in [-0.4, -0.2) is 44.2 Å². The number of furan rings is 1. The van der Waals surface area contributed by atoms with Crippen molar-refractivity contribution in [3.05, 3.63) is 46.5 Å². The van der Waals surface area contributed by atoms with Gasteiger partial charge in [-0.25, -0.2) is 0 Å². The van der Waals surface area contributed by atoms with Gasteiger partial charge in [-0.15, -0.1) is 0 Å². The molecule has 0 amide bonds. The van der Waals surface area contributed by atoms with E-state index < -0.39 is 0 Å². The van der Waals surface area contributed by atoms with Crippen LogP contribution in [0.15, 0.2) is 44.6 Å². The summed E-state index contributed by atoms with van der Waals surface area (Å²) in [7, 11) is 2.07. The number of thiophene rings is 1. The van der Waals surface area contributed by atoms with Crippen LogP contribution < -0.4 is 5.32 Å². The molecule has 0 aliphatic rings. The second-order valence-corrected chi connectivity index (χ2v) is 6.28. The third-order valence-corrected chi connectivity index (χ3v) is 4.24. The van der Waals surface area contributed by atoms with Gasteiger partial charge in [0.15, 0.2) is 5.96 Å². The fourth-order valence-corrected chi connectivity index (χ4v) is 2.95. The molecule has 0 bridgehead atoms. The summed E-state index contributed by atoms with van der Waals surface area (Å²) < 4.78 is 10.8. The first-order chi connectivity index (χ1) is 11.8. The van der Waals surface area contributed by atoms with E-state index in [2.05, 4.69) is 34.1 Å². The van der Waals surface area contributed by atoms with Crippen molar-refractivity contribution in [1.82, 2.24) is 10.2 Å². The summed E-state index contributed by atoms with van der Waals surface area (Å²) in [5.74, 6) is 1.91. The lowest BCUT2D eigenvalue weighted by Gasteiger charge is -2.22. The monoisotopic (exact) mass is 349 g/mol. The molecule has 5 nitrogen and oxygen atoms in total. The van der Waals surface area contributed by atoms with E-state index in [9.17, 15) is 0 Å². The van der Waals surface area contributed by atoms with E-state index in [0.29, 0.717) is 0 Å². The third-order valence-electron chi connectivity index (χ3n) is 3.51. The topological polar surface area (TPSA) is 50.0 Å². The van der Waals surface area contributed by atoms with E-state index in [1.165, 1.54) is 5.56 Å². The molecule has 0 saturated heterocycles. The normalized spacial score (nSPS) is 11.7. The Labute approximate surface area is 148 Å². The molecular formula is C18H27N3O2S. The number of ether oxygens (including phenoxy) is 1. The minimum absolute atomic E-state index is 0.758. The van der Waals surface area contributed by atoms with Crippen LogP contribution in [0, 0.1) is 0 Å². The highest BCUT2D eigenvalue weighted by Crippen LogP contribution is 2.08. The second kappa shape index (κ2) is 10.9. The van der Waals surface area contributed by atoms with Crippen LogP contribution in [0.1, 0.15) is 24.7 Å². The molecule has 0 aliphatic heterocycles. The van der Waals surface area contributed by atoms with Crippen LogP contribution in [0.3, 0.4) is 0 Å². The van der Waals surface area contributed by atoms with Gasteiger partial charge in [-0.05, 0) is 47.9 Å². The van der Waals surface area contributed by atoms with Crippen molar-refractivity contribution in [3.8, 4) is 0 Å². The van der Waals surface area contributed by atoms with Crippen molar-refractivity contribution in [1.29, 1.82) is 0 Å². The lowest BCUT2D eigenvalue weighted by molar-refractivity contribution is 0.146. The number of hydrogen-bond acceptors (Lipinski definition) is 4. The van der Waals surface area contributed by atoms with Gasteiger partial charge in [0.05, 0.1) is 6.26 Å². The molecule has 0 aromatic carbocycles. The first kappa shape index (κ1) is 18.5. The molecule has 0 spiro atoms. The maximum Gasteiger partial charge on any atom is 0.193 e. The van der Waals surface area contributed by atoms with Gasteiger partial charge in [-0.1, -0.05) is 0 Å². The highest BCUT2D eigenvalue weighted by atomic mass is 32.1. The standard InChI is InChI=1S/C18H27N3O2S/c1-3-22-11-5-9-19-18(20-10-7-17-6-4-12-23-17)21(2)14-16-8-13-24-15-16/h4,6,8,12-13,15H,3,5,7,9-11,14H2,1-2H3,(H,19,20). The quantitative estimate of drug-likeness (QED) is 0.406. The maximum atomic E-state index is 5.38. The Balaban J connectivity index is 1.85. The Hall–Kier alpha value is -1.79. The minimum atomic E-state index is 0.758. The predicted molar refractivity (Wildman–Crippen MR) is 99.6 cm³/mol. The molecule has 0 unspecified atom stereocenters. The summed E-state index contributed by atoms with van der Waals surface area (Å²) in [5.41, 5.74) is 1.30. The molecule has 0 aliphatic carbocycles. The van der Waals surface area contributed by atoms with Gasteiger partial charge in [0.25, 0.3) is 0 Å². The number of rotatable bonds is 10. The summed E-state index contributed by atoms with van der Waals surface area (Å²) in [6.07, 6.45) is 3.49. The molecule has 1 N–H and O–H groups in total. The molecule has 6 heteroatoms. The molecular weight excluding hydrogens is 322 g/mol. The van der Waals surface area contributed by atoms with Crippen LogP contribution in [0.4, 0.5) is 0 Å². The lowest BCUT2D eigenvalue weighted by Crippen LogP contribution is -2.39. The summed E-state index contributed by atoms with van der Waals surface area (Å²) in [5, 5.41) is 7.72. The molecule has 24 heavy (non-hydrogen) atoms. The average molecular weight is 350 g/mol. The predicted octanol–water partition coefficient (Wildman–Crippen LogP) is 3.39. The van der Waals surface area contributed by atoms with Crippen molar-refractivity contribution in [2.45, 2.75) is 26.3 Å². The highest BCUT2D eigenvalue weighted by molar-refractivity contribution is 7.07. The third kappa shape index (κ3) is 6.76. The van der Waals surface area contributed by atoms with E-state index in [-0.39, 0.29) is 0 Å². The molecule has 2 aromatic rings. The summed E-state index contributed by atoms with van der Waals surface area (Å²) in [6.45, 7) is 5.94. The van der Waals surface area contributed by atoms with Crippen LogP contribution in [0.5, 0.6) is 0 Å². The Morgan fingerprint density at radius 3 is 3.04 bits per heavy atom. The molecule has 132 valence electrons. The molecule has 0 fully saturated rings. The van der Waals surface area contributed by atoms with Crippen molar-refractivity contribution in [2.24, 2.45) is 4.99 Å². The van der Waals surface area contributed by atoms with Crippen molar-refractivity contribution in [3.63, 3.8) is 0 Å². The maximum absolute atomic E-state index is 5.38. The van der Waals surface area contributed by atoms with Crippen molar-refractivity contribution in [2.75, 3.05) is 33.4 Å². The molecule has 2 aromatic heterocycles. The Morgan fingerprint density at radius 1 is 1.42 bits per heavy atom. The van der Waals surface area contributed by atoms with Gasteiger partial charge < -0.3 is 19.4 Å². The number of hydrogen-bond donors (Lipinski definition) is 1. The summed E-state index contributed by atoms with van der Waals surface area (Å²) in [4.78, 5) is 6.88. The van der Waals surface area contributed by atoms with Gasteiger partial charge in [0.1, 0.15) is 5.76 Å². The number of nitrogens with one attached hydrogen (secondary N) is 1. The van der Waals surface area contributed by atoms with Gasteiger partial charge in [-0.2, -0.15) is 11.3 Å². The van der Waals surface area contributed by atoms with Crippen LogP contribution in [0.2, 0.25) is 0 Å². The molecule has 2 heterocycles. The van der Waals surface area contributed by atoms with Crippen LogP contribution >= 0.6 is 11.3 Å². The zero-order valence-corrected chi connectivity index (χ0v) is 15.3. The first-order valence-corrected chi connectivity index (χ1v) is 9.34. The summed E-state index contributed by atoms with van der Waals surface area (Å²) in [6, 6.07) is 6.06. The van der Waals surface area contributed by atoms with Crippen molar-refractivity contribution < 1.29 is 9.15 Å². The van der Waals surface area contributed by atoms with E-state index in [1.807, 2.05) is 19.1 Å².